The molecule has 0 saturated carbocycles. The van der Waals surface area contributed by atoms with Gasteiger partial charge in [-0.2, -0.15) is 0 Å². The Morgan fingerprint density at radius 3 is 2.73 bits per heavy atom. The van der Waals surface area contributed by atoms with Crippen molar-refractivity contribution in [3.8, 4) is 0 Å². The molecule has 1 saturated heterocycles. The molecule has 1 atom stereocenters. The number of nitrogens with zero attached hydrogens (tertiary/aromatic N) is 1. The fourth-order valence-corrected chi connectivity index (χ4v) is 1.66. The zero-order valence-electron chi connectivity index (χ0n) is 9.92. The van der Waals surface area contributed by atoms with Crippen molar-refractivity contribution in [2.75, 3.05) is 19.6 Å². The van der Waals surface area contributed by atoms with E-state index in [1.54, 1.807) is 0 Å². The number of carbonyl (C=O) groups excluding carboxylic acids is 1. The van der Waals surface area contributed by atoms with Crippen LogP contribution in [0.2, 0.25) is 0 Å². The summed E-state index contributed by atoms with van der Waals surface area (Å²) < 4.78 is 0. The Labute approximate surface area is 91.6 Å². The van der Waals surface area contributed by atoms with Crippen LogP contribution in [0.4, 0.5) is 0 Å². The highest BCUT2D eigenvalue weighted by Crippen LogP contribution is 2.09. The van der Waals surface area contributed by atoms with Crippen molar-refractivity contribution in [1.29, 1.82) is 0 Å². The molecule has 4 heteroatoms. The third kappa shape index (κ3) is 4.18. The van der Waals surface area contributed by atoms with Gasteiger partial charge < -0.3 is 10.4 Å². The van der Waals surface area contributed by atoms with Crippen LogP contribution < -0.4 is 5.32 Å². The number of nitrogens with one attached hydrogen (secondary N) is 1. The Bertz CT molecular complexity index is 229. The molecule has 0 aromatic heterocycles. The molecule has 88 valence electrons. The van der Waals surface area contributed by atoms with Gasteiger partial charge in [0.15, 0.2) is 0 Å². The minimum atomic E-state index is -0.253. The van der Waals surface area contributed by atoms with Crippen LogP contribution in [-0.2, 0) is 4.79 Å². The van der Waals surface area contributed by atoms with Crippen LogP contribution in [0.1, 0.15) is 33.6 Å². The highest BCUT2D eigenvalue weighted by molar-refractivity contribution is 5.78. The molecule has 1 aliphatic rings. The van der Waals surface area contributed by atoms with E-state index in [0.29, 0.717) is 13.1 Å². The van der Waals surface area contributed by atoms with Crippen molar-refractivity contribution >= 4 is 5.91 Å². The maximum Gasteiger partial charge on any atom is 0.234 e. The Kier molecular flexibility index (Phi) is 4.11. The van der Waals surface area contributed by atoms with Gasteiger partial charge in [0, 0.05) is 18.6 Å². The maximum atomic E-state index is 11.6. The lowest BCUT2D eigenvalue weighted by Gasteiger charge is -2.26. The van der Waals surface area contributed by atoms with E-state index in [9.17, 15) is 9.90 Å². The molecule has 0 unspecified atom stereocenters. The first-order chi connectivity index (χ1) is 6.93. The molecule has 4 nitrogen and oxygen atoms in total. The second-order valence-corrected chi connectivity index (χ2v) is 4.96. The first-order valence-corrected chi connectivity index (χ1v) is 5.64. The Morgan fingerprint density at radius 1 is 1.60 bits per heavy atom. The number of hydrogen-bond acceptors (Lipinski definition) is 3. The molecule has 1 heterocycles. The van der Waals surface area contributed by atoms with Gasteiger partial charge in [-0.05, 0) is 26.7 Å². The van der Waals surface area contributed by atoms with Crippen LogP contribution in [0.3, 0.4) is 0 Å². The molecule has 0 radical (unpaired) electrons. The van der Waals surface area contributed by atoms with Crippen LogP contribution in [0.25, 0.3) is 0 Å². The van der Waals surface area contributed by atoms with Gasteiger partial charge in [-0.25, -0.2) is 0 Å². The summed E-state index contributed by atoms with van der Waals surface area (Å²) in [6, 6.07) is 0. The molecule has 1 amide bonds. The molecule has 0 aromatic rings. The summed E-state index contributed by atoms with van der Waals surface area (Å²) in [6.07, 6.45) is 1.45. The Morgan fingerprint density at radius 2 is 2.27 bits per heavy atom. The topological polar surface area (TPSA) is 52.6 Å². The van der Waals surface area contributed by atoms with Crippen LogP contribution in [0.15, 0.2) is 0 Å². The van der Waals surface area contributed by atoms with E-state index < -0.39 is 0 Å². The van der Waals surface area contributed by atoms with Gasteiger partial charge in [0.2, 0.25) is 5.91 Å². The molecular formula is C11H22N2O2. The number of likely N-dealkylation sites (tertiary alicyclic amines) is 1. The molecule has 1 rings (SSSR count). The largest absolute Gasteiger partial charge is 0.392 e. The van der Waals surface area contributed by atoms with Gasteiger partial charge in [-0.1, -0.05) is 6.92 Å². The predicted octanol–water partition coefficient (Wildman–Crippen LogP) is 0.358. The van der Waals surface area contributed by atoms with Gasteiger partial charge in [-0.15, -0.1) is 0 Å². The zero-order chi connectivity index (χ0) is 11.5. The number of hydrogen-bond donors (Lipinski definition) is 2. The number of β-amino-alcohol motifs (C(OH)–C–C–N with tert-alkyl or cyclic N) is 1. The number of aliphatic hydroxyl groups is 1. The maximum absolute atomic E-state index is 11.6. The van der Waals surface area contributed by atoms with E-state index in [1.807, 2.05) is 18.7 Å². The summed E-state index contributed by atoms with van der Waals surface area (Å²) in [4.78, 5) is 13.6. The second-order valence-electron chi connectivity index (χ2n) is 4.96. The highest BCUT2D eigenvalue weighted by Gasteiger charge is 2.24. The third-order valence-corrected chi connectivity index (χ3v) is 2.98. The lowest BCUT2D eigenvalue weighted by atomic mass is 10.0. The van der Waals surface area contributed by atoms with Crippen molar-refractivity contribution in [1.82, 2.24) is 10.2 Å². The first-order valence-electron chi connectivity index (χ1n) is 5.64. The molecule has 2 N–H and O–H groups in total. The minimum Gasteiger partial charge on any atom is -0.392 e. The monoisotopic (exact) mass is 214 g/mol. The van der Waals surface area contributed by atoms with Crippen molar-refractivity contribution in [2.45, 2.75) is 45.3 Å². The molecule has 1 aliphatic heterocycles. The van der Waals surface area contributed by atoms with Crippen molar-refractivity contribution in [3.63, 3.8) is 0 Å². The lowest BCUT2D eigenvalue weighted by Crippen LogP contribution is -2.47. The number of carbonyl (C=O) groups is 1. The van der Waals surface area contributed by atoms with E-state index >= 15 is 0 Å². The third-order valence-electron chi connectivity index (χ3n) is 2.98. The van der Waals surface area contributed by atoms with E-state index in [-0.39, 0.29) is 17.6 Å². The van der Waals surface area contributed by atoms with E-state index in [1.165, 1.54) is 0 Å². The lowest BCUT2D eigenvalue weighted by molar-refractivity contribution is -0.123. The van der Waals surface area contributed by atoms with Gasteiger partial charge in [0.1, 0.15) is 0 Å². The van der Waals surface area contributed by atoms with Crippen LogP contribution in [0.5, 0.6) is 0 Å². The summed E-state index contributed by atoms with van der Waals surface area (Å²) in [5, 5.41) is 12.3. The molecule has 0 bridgehead atoms. The van der Waals surface area contributed by atoms with E-state index in [0.717, 1.165) is 19.4 Å². The summed E-state index contributed by atoms with van der Waals surface area (Å²) in [6.45, 7) is 7.94. The number of amides is 1. The highest BCUT2D eigenvalue weighted by atomic mass is 16.3. The zero-order valence-corrected chi connectivity index (χ0v) is 9.92. The molecule has 0 aliphatic carbocycles. The molecule has 0 spiro atoms. The van der Waals surface area contributed by atoms with Gasteiger partial charge in [0.25, 0.3) is 0 Å². The van der Waals surface area contributed by atoms with Crippen LogP contribution in [-0.4, -0.2) is 47.2 Å². The van der Waals surface area contributed by atoms with E-state index in [2.05, 4.69) is 12.2 Å². The Hall–Kier alpha value is -0.610. The average Bonchev–Trinajstić information content (AvgIpc) is 2.50. The summed E-state index contributed by atoms with van der Waals surface area (Å²) in [7, 11) is 0. The average molecular weight is 214 g/mol. The van der Waals surface area contributed by atoms with Crippen LogP contribution >= 0.6 is 0 Å². The standard InChI is InChI=1S/C11H22N2O2/c1-4-11(2,3)12-10(15)8-13-6-5-9(14)7-13/h9,14H,4-8H2,1-3H3,(H,12,15)/t9-/m1/s1. The van der Waals surface area contributed by atoms with Crippen LogP contribution in [0, 0.1) is 0 Å². The smallest absolute Gasteiger partial charge is 0.234 e. The molecule has 15 heavy (non-hydrogen) atoms. The Balaban J connectivity index is 2.30. The quantitative estimate of drug-likeness (QED) is 0.710. The van der Waals surface area contributed by atoms with Gasteiger partial charge in [-0.3, -0.25) is 9.69 Å². The molecular weight excluding hydrogens is 192 g/mol. The van der Waals surface area contributed by atoms with Crippen molar-refractivity contribution in [3.05, 3.63) is 0 Å². The van der Waals surface area contributed by atoms with Gasteiger partial charge >= 0.3 is 0 Å². The number of rotatable bonds is 4. The molecule has 1 fully saturated rings. The summed E-state index contributed by atoms with van der Waals surface area (Å²) >= 11 is 0. The SMILES string of the molecule is CCC(C)(C)NC(=O)CN1CC[C@@H](O)C1. The van der Waals surface area contributed by atoms with Gasteiger partial charge in [0.05, 0.1) is 12.6 Å². The molecule has 0 aromatic carbocycles. The summed E-state index contributed by atoms with van der Waals surface area (Å²) in [5.41, 5.74) is -0.130. The summed E-state index contributed by atoms with van der Waals surface area (Å²) in [5.74, 6) is 0.0518. The number of aliphatic hydroxyl groups excluding tert-OH is 1. The first kappa shape index (κ1) is 12.5. The van der Waals surface area contributed by atoms with Crippen molar-refractivity contribution in [2.24, 2.45) is 0 Å². The minimum absolute atomic E-state index is 0.0518. The fraction of sp³-hybridized carbons (Fsp3) is 0.909. The normalized spacial score (nSPS) is 23.1. The fourth-order valence-electron chi connectivity index (χ4n) is 1.66. The predicted molar refractivity (Wildman–Crippen MR) is 59.6 cm³/mol. The van der Waals surface area contributed by atoms with E-state index in [4.69, 9.17) is 0 Å². The second kappa shape index (κ2) is 4.94. The van der Waals surface area contributed by atoms with Crippen molar-refractivity contribution < 1.29 is 9.90 Å².